The number of carbonyl (C=O) groups excluding carboxylic acids is 1. The number of hydrogen-bond acceptors (Lipinski definition) is 4. The minimum Gasteiger partial charge on any atom is -0.293 e. The number of ketones is 1. The molecule has 0 aliphatic rings. The van der Waals surface area contributed by atoms with Gasteiger partial charge in [0, 0.05) is 23.6 Å². The molecule has 0 spiro atoms. The van der Waals surface area contributed by atoms with E-state index in [-0.39, 0.29) is 17.1 Å². The van der Waals surface area contributed by atoms with E-state index >= 15 is 0 Å². The van der Waals surface area contributed by atoms with E-state index in [0.29, 0.717) is 10.6 Å². The van der Waals surface area contributed by atoms with E-state index in [1.165, 1.54) is 17.3 Å². The molecule has 3 rings (SSSR count). The molecule has 0 aliphatic heterocycles. The Kier molecular flexibility index (Phi) is 5.14. The summed E-state index contributed by atoms with van der Waals surface area (Å²) in [6.45, 7) is 4.05. The molecule has 0 fully saturated rings. The molecule has 1 aromatic heterocycles. The normalized spacial score (nSPS) is 10.6. The molecule has 5 heteroatoms. The van der Waals surface area contributed by atoms with Crippen molar-refractivity contribution in [3.8, 4) is 5.69 Å². The number of carbonyl (C=O) groups is 1. The molecule has 0 atom stereocenters. The van der Waals surface area contributed by atoms with Crippen LogP contribution >= 0.6 is 11.8 Å². The highest BCUT2D eigenvalue weighted by molar-refractivity contribution is 7.99. The smallest absolute Gasteiger partial charge is 0.287 e. The zero-order chi connectivity index (χ0) is 17.8. The summed E-state index contributed by atoms with van der Waals surface area (Å²) in [5.41, 5.74) is 3.52. The fraction of sp³-hybridized carbons (Fsp3) is 0.150. The Hall–Kier alpha value is -2.66. The lowest BCUT2D eigenvalue weighted by atomic mass is 10.1. The zero-order valence-electron chi connectivity index (χ0n) is 14.1. The van der Waals surface area contributed by atoms with E-state index < -0.39 is 0 Å². The van der Waals surface area contributed by atoms with Gasteiger partial charge in [-0.05, 0) is 37.1 Å². The lowest BCUT2D eigenvalue weighted by molar-refractivity contribution is 0.102. The van der Waals surface area contributed by atoms with Gasteiger partial charge < -0.3 is 0 Å². The molecule has 0 aliphatic carbocycles. The van der Waals surface area contributed by atoms with Crippen LogP contribution in [0.25, 0.3) is 5.69 Å². The molecule has 0 radical (unpaired) electrons. The SMILES string of the molecule is Cc1ccc(-n2ccnc(SCC(=O)c3ccccc3)c2=O)cc1C. The highest BCUT2D eigenvalue weighted by atomic mass is 32.2. The number of hydrogen-bond donors (Lipinski definition) is 0. The van der Waals surface area contributed by atoms with Crippen LogP contribution in [0, 0.1) is 13.8 Å². The van der Waals surface area contributed by atoms with Crippen LogP contribution in [-0.2, 0) is 0 Å². The Morgan fingerprint density at radius 1 is 1.08 bits per heavy atom. The van der Waals surface area contributed by atoms with Crippen LogP contribution in [0.5, 0.6) is 0 Å². The van der Waals surface area contributed by atoms with E-state index in [1.54, 1.807) is 29.1 Å². The quantitative estimate of drug-likeness (QED) is 0.518. The Morgan fingerprint density at radius 3 is 2.56 bits per heavy atom. The van der Waals surface area contributed by atoms with E-state index in [2.05, 4.69) is 4.98 Å². The maximum absolute atomic E-state index is 12.7. The molecule has 0 saturated heterocycles. The van der Waals surface area contributed by atoms with E-state index in [0.717, 1.165) is 11.3 Å². The van der Waals surface area contributed by atoms with Crippen LogP contribution in [0.1, 0.15) is 21.5 Å². The largest absolute Gasteiger partial charge is 0.293 e. The molecule has 1 heterocycles. The lowest BCUT2D eigenvalue weighted by Crippen LogP contribution is -2.21. The molecular weight excluding hydrogens is 332 g/mol. The third kappa shape index (κ3) is 3.88. The minimum absolute atomic E-state index is 0.0200. The van der Waals surface area contributed by atoms with E-state index in [4.69, 9.17) is 0 Å². The van der Waals surface area contributed by atoms with Crippen molar-refractivity contribution in [3.63, 3.8) is 0 Å². The second kappa shape index (κ2) is 7.49. The number of Topliss-reactive ketones (excluding diaryl/α,β-unsaturated/α-hetero) is 1. The van der Waals surface area contributed by atoms with Crippen molar-refractivity contribution in [2.75, 3.05) is 5.75 Å². The maximum Gasteiger partial charge on any atom is 0.287 e. The van der Waals surface area contributed by atoms with Crippen LogP contribution in [0.3, 0.4) is 0 Å². The van der Waals surface area contributed by atoms with Crippen molar-refractivity contribution in [2.24, 2.45) is 0 Å². The topological polar surface area (TPSA) is 52.0 Å². The van der Waals surface area contributed by atoms with Crippen LogP contribution in [0.15, 0.2) is 70.7 Å². The number of benzene rings is 2. The van der Waals surface area contributed by atoms with Gasteiger partial charge >= 0.3 is 0 Å². The molecule has 3 aromatic rings. The number of thioether (sulfide) groups is 1. The number of nitrogens with zero attached hydrogens (tertiary/aromatic N) is 2. The van der Waals surface area contributed by atoms with Crippen molar-refractivity contribution in [3.05, 3.63) is 88.0 Å². The molecule has 25 heavy (non-hydrogen) atoms. The van der Waals surface area contributed by atoms with Crippen molar-refractivity contribution >= 4 is 17.5 Å². The Labute approximate surface area is 150 Å². The molecule has 0 unspecified atom stereocenters. The van der Waals surface area contributed by atoms with Crippen LogP contribution in [0.4, 0.5) is 0 Å². The van der Waals surface area contributed by atoms with Gasteiger partial charge in [0.1, 0.15) is 0 Å². The van der Waals surface area contributed by atoms with Gasteiger partial charge in [-0.1, -0.05) is 48.2 Å². The summed E-state index contributed by atoms with van der Waals surface area (Å²) in [5.74, 6) is 0.164. The van der Waals surface area contributed by atoms with Gasteiger partial charge in [0.2, 0.25) is 0 Å². The van der Waals surface area contributed by atoms with Gasteiger partial charge in [0.05, 0.1) is 5.75 Å². The average Bonchev–Trinajstić information content (AvgIpc) is 2.64. The van der Waals surface area contributed by atoms with Gasteiger partial charge in [-0.15, -0.1) is 0 Å². The van der Waals surface area contributed by atoms with Crippen LogP contribution < -0.4 is 5.56 Å². The summed E-state index contributed by atoms with van der Waals surface area (Å²) in [6, 6.07) is 14.9. The number of aryl methyl sites for hydroxylation is 2. The summed E-state index contributed by atoms with van der Waals surface area (Å²) in [7, 11) is 0. The van der Waals surface area contributed by atoms with Crippen molar-refractivity contribution in [1.29, 1.82) is 0 Å². The summed E-state index contributed by atoms with van der Waals surface area (Å²) in [4.78, 5) is 29.0. The molecule has 2 aromatic carbocycles. The number of rotatable bonds is 5. The van der Waals surface area contributed by atoms with Crippen molar-refractivity contribution < 1.29 is 4.79 Å². The summed E-state index contributed by atoms with van der Waals surface area (Å²) in [5, 5.41) is 0.324. The predicted molar refractivity (Wildman–Crippen MR) is 101 cm³/mol. The van der Waals surface area contributed by atoms with Crippen LogP contribution in [-0.4, -0.2) is 21.1 Å². The molecule has 0 saturated carbocycles. The zero-order valence-corrected chi connectivity index (χ0v) is 14.9. The fourth-order valence-corrected chi connectivity index (χ4v) is 3.20. The Bertz CT molecular complexity index is 965. The molecule has 4 nitrogen and oxygen atoms in total. The minimum atomic E-state index is -0.211. The third-order valence-electron chi connectivity index (χ3n) is 4.01. The summed E-state index contributed by atoms with van der Waals surface area (Å²) in [6.07, 6.45) is 3.24. The van der Waals surface area contributed by atoms with Crippen molar-refractivity contribution in [1.82, 2.24) is 9.55 Å². The maximum atomic E-state index is 12.7. The molecule has 0 amide bonds. The van der Waals surface area contributed by atoms with Crippen molar-refractivity contribution in [2.45, 2.75) is 18.9 Å². The molecular formula is C20H18N2O2S. The summed E-state index contributed by atoms with van der Waals surface area (Å²) >= 11 is 1.17. The van der Waals surface area contributed by atoms with Gasteiger partial charge in [-0.2, -0.15) is 0 Å². The summed E-state index contributed by atoms with van der Waals surface area (Å²) < 4.78 is 1.56. The van der Waals surface area contributed by atoms with E-state index in [1.807, 2.05) is 50.2 Å². The second-order valence-electron chi connectivity index (χ2n) is 5.75. The van der Waals surface area contributed by atoms with E-state index in [9.17, 15) is 9.59 Å². The predicted octanol–water partition coefficient (Wildman–Crippen LogP) is 3.82. The Morgan fingerprint density at radius 2 is 1.84 bits per heavy atom. The lowest BCUT2D eigenvalue weighted by Gasteiger charge is -2.09. The third-order valence-corrected chi connectivity index (χ3v) is 4.97. The monoisotopic (exact) mass is 350 g/mol. The Balaban J connectivity index is 1.83. The highest BCUT2D eigenvalue weighted by Crippen LogP contribution is 2.16. The van der Waals surface area contributed by atoms with Gasteiger partial charge in [0.25, 0.3) is 5.56 Å². The fourth-order valence-electron chi connectivity index (χ4n) is 2.41. The van der Waals surface area contributed by atoms with Gasteiger partial charge in [-0.3, -0.25) is 14.2 Å². The second-order valence-corrected chi connectivity index (χ2v) is 6.72. The molecule has 0 N–H and O–H groups in total. The first-order valence-corrected chi connectivity index (χ1v) is 8.91. The standard InChI is InChI=1S/C20H18N2O2S/c1-14-8-9-17(12-15(14)2)22-11-10-21-19(20(22)24)25-13-18(23)16-6-4-3-5-7-16/h3-12H,13H2,1-2H3. The van der Waals surface area contributed by atoms with Gasteiger partial charge in [0.15, 0.2) is 10.8 Å². The first-order chi connectivity index (χ1) is 12.1. The molecule has 126 valence electrons. The molecule has 0 bridgehead atoms. The van der Waals surface area contributed by atoms with Crippen LogP contribution in [0.2, 0.25) is 0 Å². The van der Waals surface area contributed by atoms with Gasteiger partial charge in [-0.25, -0.2) is 4.98 Å². The highest BCUT2D eigenvalue weighted by Gasteiger charge is 2.11. The first-order valence-electron chi connectivity index (χ1n) is 7.92. The average molecular weight is 350 g/mol. The number of aromatic nitrogens is 2. The first kappa shape index (κ1) is 17.2.